The number of halogens is 2. The molecular weight excluding hydrogens is 259 g/mol. The van der Waals surface area contributed by atoms with Gasteiger partial charge in [0, 0.05) is 18.7 Å². The van der Waals surface area contributed by atoms with Gasteiger partial charge in [0.2, 0.25) is 0 Å². The van der Waals surface area contributed by atoms with Gasteiger partial charge in [-0.3, -0.25) is 0 Å². The third-order valence-electron chi connectivity index (χ3n) is 2.61. The molecule has 0 aliphatic carbocycles. The van der Waals surface area contributed by atoms with Gasteiger partial charge in [0.15, 0.2) is 0 Å². The molecule has 0 bridgehead atoms. The number of alkyl halides is 1. The Labute approximate surface area is 110 Å². The average molecular weight is 273 g/mol. The van der Waals surface area contributed by atoms with Gasteiger partial charge < -0.3 is 9.30 Å². The van der Waals surface area contributed by atoms with Crippen molar-refractivity contribution < 1.29 is 4.74 Å². The summed E-state index contributed by atoms with van der Waals surface area (Å²) < 4.78 is 7.18. The summed E-state index contributed by atoms with van der Waals surface area (Å²) in [5.41, 5.74) is 1.91. The van der Waals surface area contributed by atoms with E-state index in [1.54, 1.807) is 7.11 Å². The maximum absolute atomic E-state index is 6.14. The first-order valence-electron chi connectivity index (χ1n) is 5.42. The Kier molecular flexibility index (Phi) is 3.92. The van der Waals surface area contributed by atoms with Crippen molar-refractivity contribution in [2.45, 2.75) is 18.8 Å². The fraction of sp³-hybridized carbons (Fsp3) is 0.417. The second-order valence-corrected chi connectivity index (χ2v) is 4.95. The third-order valence-corrected chi connectivity index (χ3v) is 3.04. The van der Waals surface area contributed by atoms with Crippen LogP contribution in [-0.4, -0.2) is 23.3 Å². The molecule has 0 saturated carbocycles. The Hall–Kier alpha value is -0.770. The predicted octanol–water partition coefficient (Wildman–Crippen LogP) is 3.64. The molecule has 5 heteroatoms. The maximum atomic E-state index is 6.14. The molecule has 0 N–H and O–H groups in total. The van der Waals surface area contributed by atoms with Gasteiger partial charge in [-0.2, -0.15) is 0 Å². The molecule has 0 amide bonds. The Morgan fingerprint density at radius 1 is 1.47 bits per heavy atom. The van der Waals surface area contributed by atoms with Crippen LogP contribution in [0.4, 0.5) is 0 Å². The lowest BCUT2D eigenvalue weighted by Crippen LogP contribution is -2.08. The quantitative estimate of drug-likeness (QED) is 0.795. The summed E-state index contributed by atoms with van der Waals surface area (Å²) in [6, 6.07) is 5.67. The van der Waals surface area contributed by atoms with Gasteiger partial charge >= 0.3 is 0 Å². The van der Waals surface area contributed by atoms with Crippen molar-refractivity contribution in [3.63, 3.8) is 0 Å². The molecule has 2 aromatic rings. The number of rotatable bonds is 4. The van der Waals surface area contributed by atoms with Crippen molar-refractivity contribution in [3.05, 3.63) is 29.0 Å². The molecule has 1 aromatic heterocycles. The normalized spacial score (nSPS) is 13.2. The van der Waals surface area contributed by atoms with Gasteiger partial charge in [-0.05, 0) is 25.1 Å². The fourth-order valence-corrected chi connectivity index (χ4v) is 2.18. The van der Waals surface area contributed by atoms with E-state index in [2.05, 4.69) is 9.55 Å². The number of fused-ring (bicyclic) bond motifs is 1. The van der Waals surface area contributed by atoms with Crippen LogP contribution < -0.4 is 0 Å². The summed E-state index contributed by atoms with van der Waals surface area (Å²) >= 11 is 12.1. The summed E-state index contributed by atoms with van der Waals surface area (Å²) in [6.07, 6.45) is 0. The molecule has 3 nitrogen and oxygen atoms in total. The Bertz CT molecular complexity index is 522. The second-order valence-electron chi connectivity index (χ2n) is 3.86. The van der Waals surface area contributed by atoms with Gasteiger partial charge in [-0.1, -0.05) is 11.6 Å². The average Bonchev–Trinajstić information content (AvgIpc) is 2.64. The molecule has 1 unspecified atom stereocenters. The fourth-order valence-electron chi connectivity index (χ4n) is 1.84. The first kappa shape index (κ1) is 12.7. The van der Waals surface area contributed by atoms with Crippen molar-refractivity contribution in [1.82, 2.24) is 9.55 Å². The predicted molar refractivity (Wildman–Crippen MR) is 70.9 cm³/mol. The van der Waals surface area contributed by atoms with Gasteiger partial charge in [0.1, 0.15) is 5.82 Å². The molecule has 0 saturated heterocycles. The zero-order valence-electron chi connectivity index (χ0n) is 9.78. The standard InChI is InChI=1S/C12H14Cl2N2O/c1-8(13)12-15-10-7-9(14)3-4-11(10)16(12)5-6-17-2/h3-4,7-8H,5-6H2,1-2H3. The number of aromatic nitrogens is 2. The highest BCUT2D eigenvalue weighted by molar-refractivity contribution is 6.31. The summed E-state index contributed by atoms with van der Waals surface area (Å²) in [5, 5.41) is 0.542. The van der Waals surface area contributed by atoms with Crippen molar-refractivity contribution in [2.75, 3.05) is 13.7 Å². The second kappa shape index (κ2) is 5.25. The maximum Gasteiger partial charge on any atom is 0.127 e. The van der Waals surface area contributed by atoms with Crippen LogP contribution in [0.3, 0.4) is 0 Å². The van der Waals surface area contributed by atoms with Crippen LogP contribution in [0, 0.1) is 0 Å². The van der Waals surface area contributed by atoms with Crippen LogP contribution in [0.2, 0.25) is 5.02 Å². The topological polar surface area (TPSA) is 27.1 Å². The van der Waals surface area contributed by atoms with Crippen LogP contribution in [0.1, 0.15) is 18.1 Å². The minimum Gasteiger partial charge on any atom is -0.383 e. The summed E-state index contributed by atoms with van der Waals surface area (Å²) in [6.45, 7) is 3.28. The van der Waals surface area contributed by atoms with E-state index >= 15 is 0 Å². The molecule has 0 spiro atoms. The van der Waals surface area contributed by atoms with Crippen LogP contribution >= 0.6 is 23.2 Å². The molecule has 92 valence electrons. The summed E-state index contributed by atoms with van der Waals surface area (Å²) in [5.74, 6) is 0.848. The van der Waals surface area contributed by atoms with Gasteiger partial charge in [-0.15, -0.1) is 11.6 Å². The lowest BCUT2D eigenvalue weighted by Gasteiger charge is -2.09. The number of nitrogens with zero attached hydrogens (tertiary/aromatic N) is 2. The van der Waals surface area contributed by atoms with Crippen LogP contribution in [-0.2, 0) is 11.3 Å². The number of methoxy groups -OCH3 is 1. The molecule has 2 rings (SSSR count). The van der Waals surface area contributed by atoms with Gasteiger partial charge in [0.25, 0.3) is 0 Å². The van der Waals surface area contributed by atoms with Crippen molar-refractivity contribution >= 4 is 34.2 Å². The highest BCUT2D eigenvalue weighted by Crippen LogP contribution is 2.26. The lowest BCUT2D eigenvalue weighted by atomic mass is 10.3. The van der Waals surface area contributed by atoms with E-state index in [4.69, 9.17) is 27.9 Å². The largest absolute Gasteiger partial charge is 0.383 e. The molecule has 1 aromatic carbocycles. The SMILES string of the molecule is COCCn1c(C(C)Cl)nc2cc(Cl)ccc21. The van der Waals surface area contributed by atoms with Gasteiger partial charge in [0.05, 0.1) is 23.0 Å². The summed E-state index contributed by atoms with van der Waals surface area (Å²) in [4.78, 5) is 4.52. The smallest absolute Gasteiger partial charge is 0.127 e. The van der Waals surface area contributed by atoms with E-state index in [1.165, 1.54) is 0 Å². The van der Waals surface area contributed by atoms with Crippen molar-refractivity contribution in [3.8, 4) is 0 Å². The molecular formula is C12H14Cl2N2O. The van der Waals surface area contributed by atoms with Crippen molar-refractivity contribution in [2.24, 2.45) is 0 Å². The Morgan fingerprint density at radius 3 is 2.88 bits per heavy atom. The van der Waals surface area contributed by atoms with E-state index in [0.29, 0.717) is 11.6 Å². The first-order chi connectivity index (χ1) is 8.13. The summed E-state index contributed by atoms with van der Waals surface area (Å²) in [7, 11) is 1.68. The van der Waals surface area contributed by atoms with Crippen LogP contribution in [0.25, 0.3) is 11.0 Å². The number of ether oxygens (including phenoxy) is 1. The number of hydrogen-bond donors (Lipinski definition) is 0. The van der Waals surface area contributed by atoms with E-state index in [0.717, 1.165) is 23.4 Å². The van der Waals surface area contributed by atoms with Crippen LogP contribution in [0.15, 0.2) is 18.2 Å². The van der Waals surface area contributed by atoms with Gasteiger partial charge in [-0.25, -0.2) is 4.98 Å². The zero-order chi connectivity index (χ0) is 12.4. The number of imidazole rings is 1. The molecule has 1 atom stereocenters. The number of benzene rings is 1. The zero-order valence-corrected chi connectivity index (χ0v) is 11.3. The Morgan fingerprint density at radius 2 is 2.24 bits per heavy atom. The minimum atomic E-state index is -0.141. The first-order valence-corrected chi connectivity index (χ1v) is 6.23. The molecule has 1 heterocycles. The van der Waals surface area contributed by atoms with E-state index < -0.39 is 0 Å². The van der Waals surface area contributed by atoms with E-state index in [1.807, 2.05) is 25.1 Å². The minimum absolute atomic E-state index is 0.141. The van der Waals surface area contributed by atoms with Crippen molar-refractivity contribution in [1.29, 1.82) is 0 Å². The van der Waals surface area contributed by atoms with Crippen LogP contribution in [0.5, 0.6) is 0 Å². The molecule has 0 aliphatic heterocycles. The molecule has 0 aliphatic rings. The molecule has 17 heavy (non-hydrogen) atoms. The monoisotopic (exact) mass is 272 g/mol. The third kappa shape index (κ3) is 2.57. The van der Waals surface area contributed by atoms with E-state index in [9.17, 15) is 0 Å². The lowest BCUT2D eigenvalue weighted by molar-refractivity contribution is 0.187. The van der Waals surface area contributed by atoms with E-state index in [-0.39, 0.29) is 5.38 Å². The Balaban J connectivity index is 2.54. The number of hydrogen-bond acceptors (Lipinski definition) is 2. The molecule has 0 radical (unpaired) electrons. The highest BCUT2D eigenvalue weighted by Gasteiger charge is 2.14. The highest BCUT2D eigenvalue weighted by atomic mass is 35.5. The molecule has 0 fully saturated rings.